The average Bonchev–Trinajstić information content (AvgIpc) is 2.04. The van der Waals surface area contributed by atoms with Crippen LogP contribution in [-0.4, -0.2) is 5.90 Å². The number of hydrogen-bond acceptors (Lipinski definition) is 3. The van der Waals surface area contributed by atoms with E-state index in [1.54, 1.807) is 0 Å². The van der Waals surface area contributed by atoms with Gasteiger partial charge in [-0.05, 0) is 30.8 Å². The van der Waals surface area contributed by atoms with Crippen molar-refractivity contribution in [2.24, 2.45) is 5.73 Å². The predicted molar refractivity (Wildman–Crippen MR) is 47.6 cm³/mol. The van der Waals surface area contributed by atoms with Crippen molar-refractivity contribution in [2.45, 2.75) is 0 Å². The zero-order chi connectivity index (χ0) is 9.84. The molecule has 0 saturated heterocycles. The van der Waals surface area contributed by atoms with Crippen molar-refractivity contribution in [1.29, 1.82) is 5.41 Å². The average molecular weight is 180 g/mol. The molecule has 1 rings (SSSR count). The highest BCUT2D eigenvalue weighted by Gasteiger charge is 2.02. The van der Waals surface area contributed by atoms with Gasteiger partial charge in [0.05, 0.1) is 0 Å². The van der Waals surface area contributed by atoms with E-state index in [0.717, 1.165) is 0 Å². The molecule has 3 N–H and O–H groups in total. The van der Waals surface area contributed by atoms with Crippen molar-refractivity contribution < 1.29 is 9.13 Å². The molecule has 0 saturated carbocycles. The molecule has 0 atom stereocenters. The Morgan fingerprint density at radius 1 is 1.38 bits per heavy atom. The molecule has 0 fully saturated rings. The molecule has 0 bridgehead atoms. The summed E-state index contributed by atoms with van der Waals surface area (Å²) in [4.78, 5) is 0. The minimum atomic E-state index is -0.358. The van der Waals surface area contributed by atoms with Gasteiger partial charge in [0.1, 0.15) is 5.82 Å². The minimum Gasteiger partial charge on any atom is -0.424 e. The van der Waals surface area contributed by atoms with Crippen LogP contribution in [0, 0.1) is 11.2 Å². The molecule has 0 aromatic heterocycles. The standard InChI is InChI=1S/C9H9FN2O/c1-6(11)13-9(12)7-2-4-8(10)5-3-7/h2-5,12H,1,11H2. The second-order valence-corrected chi connectivity index (χ2v) is 2.40. The molecule has 0 radical (unpaired) electrons. The fourth-order valence-electron chi connectivity index (χ4n) is 0.791. The maximum Gasteiger partial charge on any atom is 0.221 e. The normalized spacial score (nSPS) is 9.31. The first-order chi connectivity index (χ1) is 6.09. The molecule has 1 aromatic rings. The third-order valence-corrected chi connectivity index (χ3v) is 1.34. The molecule has 0 aliphatic carbocycles. The van der Waals surface area contributed by atoms with Gasteiger partial charge in [-0.3, -0.25) is 5.41 Å². The quantitative estimate of drug-likeness (QED) is 0.412. The second-order valence-electron chi connectivity index (χ2n) is 2.40. The van der Waals surface area contributed by atoms with Gasteiger partial charge in [0, 0.05) is 5.56 Å². The summed E-state index contributed by atoms with van der Waals surface area (Å²) >= 11 is 0. The molecule has 1 aromatic carbocycles. The van der Waals surface area contributed by atoms with Gasteiger partial charge >= 0.3 is 0 Å². The number of benzene rings is 1. The van der Waals surface area contributed by atoms with Crippen LogP contribution in [0.5, 0.6) is 0 Å². The smallest absolute Gasteiger partial charge is 0.221 e. The summed E-state index contributed by atoms with van der Waals surface area (Å²) in [6, 6.07) is 5.35. The highest BCUT2D eigenvalue weighted by molar-refractivity contribution is 5.92. The zero-order valence-electron chi connectivity index (χ0n) is 6.88. The Hall–Kier alpha value is -1.84. The van der Waals surface area contributed by atoms with E-state index in [2.05, 4.69) is 6.58 Å². The fourth-order valence-corrected chi connectivity index (χ4v) is 0.791. The maximum atomic E-state index is 12.5. The molecule has 68 valence electrons. The van der Waals surface area contributed by atoms with Crippen LogP contribution in [0.1, 0.15) is 5.56 Å². The first kappa shape index (κ1) is 9.25. The number of rotatable bonds is 2. The Balaban J connectivity index is 2.78. The fraction of sp³-hybridized carbons (Fsp3) is 0. The highest BCUT2D eigenvalue weighted by Crippen LogP contribution is 2.05. The molecular formula is C9H9FN2O. The van der Waals surface area contributed by atoms with Gasteiger partial charge in [0.15, 0.2) is 5.88 Å². The van der Waals surface area contributed by atoms with Crippen LogP contribution in [-0.2, 0) is 4.74 Å². The molecular weight excluding hydrogens is 171 g/mol. The van der Waals surface area contributed by atoms with Crippen LogP contribution >= 0.6 is 0 Å². The van der Waals surface area contributed by atoms with E-state index in [4.69, 9.17) is 15.9 Å². The van der Waals surface area contributed by atoms with Gasteiger partial charge in [-0.15, -0.1) is 0 Å². The van der Waals surface area contributed by atoms with Gasteiger partial charge in [0.2, 0.25) is 5.90 Å². The molecule has 13 heavy (non-hydrogen) atoms. The van der Waals surface area contributed by atoms with Crippen LogP contribution in [0.15, 0.2) is 36.7 Å². The van der Waals surface area contributed by atoms with Crippen LogP contribution in [0.4, 0.5) is 4.39 Å². The summed E-state index contributed by atoms with van der Waals surface area (Å²) in [6.07, 6.45) is 0. The van der Waals surface area contributed by atoms with E-state index in [1.807, 2.05) is 0 Å². The van der Waals surface area contributed by atoms with Gasteiger partial charge in [-0.1, -0.05) is 0 Å². The SMILES string of the molecule is C=C(N)OC(=N)c1ccc(F)cc1. The maximum absolute atomic E-state index is 12.5. The van der Waals surface area contributed by atoms with Crippen molar-refractivity contribution in [3.63, 3.8) is 0 Å². The Morgan fingerprint density at radius 2 is 1.92 bits per heavy atom. The molecule has 0 spiro atoms. The number of nitrogens with two attached hydrogens (primary N) is 1. The topological polar surface area (TPSA) is 59.1 Å². The highest BCUT2D eigenvalue weighted by atomic mass is 19.1. The van der Waals surface area contributed by atoms with Crippen molar-refractivity contribution in [3.8, 4) is 0 Å². The third-order valence-electron chi connectivity index (χ3n) is 1.34. The lowest BCUT2D eigenvalue weighted by atomic mass is 10.2. The van der Waals surface area contributed by atoms with Crippen LogP contribution in [0.2, 0.25) is 0 Å². The predicted octanol–water partition coefficient (Wildman–Crippen LogP) is 1.60. The summed E-state index contributed by atoms with van der Waals surface area (Å²) in [5, 5.41) is 7.35. The van der Waals surface area contributed by atoms with E-state index in [-0.39, 0.29) is 17.6 Å². The molecule has 0 heterocycles. The number of ether oxygens (including phenoxy) is 1. The first-order valence-corrected chi connectivity index (χ1v) is 3.56. The Morgan fingerprint density at radius 3 is 2.38 bits per heavy atom. The monoisotopic (exact) mass is 180 g/mol. The molecule has 0 amide bonds. The summed E-state index contributed by atoms with van der Waals surface area (Å²) < 4.78 is 17.2. The lowest BCUT2D eigenvalue weighted by Gasteiger charge is -2.04. The van der Waals surface area contributed by atoms with Crippen LogP contribution in [0.25, 0.3) is 0 Å². The third kappa shape index (κ3) is 2.59. The van der Waals surface area contributed by atoms with Crippen LogP contribution < -0.4 is 5.73 Å². The molecule has 0 aliphatic rings. The number of halogens is 1. The summed E-state index contributed by atoms with van der Waals surface area (Å²) in [5.41, 5.74) is 5.58. The second kappa shape index (κ2) is 3.71. The van der Waals surface area contributed by atoms with Crippen LogP contribution in [0.3, 0.4) is 0 Å². The van der Waals surface area contributed by atoms with Crippen molar-refractivity contribution in [1.82, 2.24) is 0 Å². The van der Waals surface area contributed by atoms with E-state index in [1.165, 1.54) is 24.3 Å². The van der Waals surface area contributed by atoms with Crippen molar-refractivity contribution in [2.75, 3.05) is 0 Å². The molecule has 3 nitrogen and oxygen atoms in total. The van der Waals surface area contributed by atoms with E-state index in [9.17, 15) is 4.39 Å². The minimum absolute atomic E-state index is 0.0608. The molecule has 0 unspecified atom stereocenters. The Labute approximate surface area is 75.1 Å². The van der Waals surface area contributed by atoms with Gasteiger partial charge in [-0.2, -0.15) is 0 Å². The van der Waals surface area contributed by atoms with E-state index >= 15 is 0 Å². The molecule has 0 aliphatic heterocycles. The number of hydrogen-bond donors (Lipinski definition) is 2. The van der Waals surface area contributed by atoms with Gasteiger partial charge in [-0.25, -0.2) is 4.39 Å². The number of nitrogens with one attached hydrogen (secondary N) is 1. The zero-order valence-corrected chi connectivity index (χ0v) is 6.88. The lowest BCUT2D eigenvalue weighted by molar-refractivity contribution is 0.410. The van der Waals surface area contributed by atoms with E-state index in [0.29, 0.717) is 5.56 Å². The lowest BCUT2D eigenvalue weighted by Crippen LogP contribution is -2.09. The summed E-state index contributed by atoms with van der Waals surface area (Å²) in [6.45, 7) is 3.28. The van der Waals surface area contributed by atoms with Crippen molar-refractivity contribution in [3.05, 3.63) is 48.1 Å². The largest absolute Gasteiger partial charge is 0.424 e. The summed E-state index contributed by atoms with van der Waals surface area (Å²) in [7, 11) is 0. The van der Waals surface area contributed by atoms with Crippen molar-refractivity contribution >= 4 is 5.90 Å². The van der Waals surface area contributed by atoms with E-state index < -0.39 is 0 Å². The summed E-state index contributed by atoms with van der Waals surface area (Å²) in [5.74, 6) is -0.565. The molecule has 4 heteroatoms. The Bertz CT molecular complexity index is 332. The van der Waals surface area contributed by atoms with Gasteiger partial charge < -0.3 is 10.5 Å². The first-order valence-electron chi connectivity index (χ1n) is 3.56. The van der Waals surface area contributed by atoms with Gasteiger partial charge in [0.25, 0.3) is 0 Å². The Kier molecular flexibility index (Phi) is 2.64.